The first-order valence-electron chi connectivity index (χ1n) is 13.6. The molecule has 0 aromatic rings. The van der Waals surface area contributed by atoms with Gasteiger partial charge < -0.3 is 5.11 Å². The molecular weight excluding hydrogens is 409 g/mol. The molecule has 4 aliphatic rings. The molecule has 0 bridgehead atoms. The molecule has 4 aliphatic carbocycles. The van der Waals surface area contributed by atoms with Crippen LogP contribution in [0.25, 0.3) is 0 Å². The average Bonchev–Trinajstić information content (AvgIpc) is 3.09. The van der Waals surface area contributed by atoms with Crippen molar-refractivity contribution in [2.45, 2.75) is 123 Å². The highest BCUT2D eigenvalue weighted by molar-refractivity contribution is 5.10. The number of hydrogen-bond acceptors (Lipinski definition) is 1. The van der Waals surface area contributed by atoms with Crippen molar-refractivity contribution in [3.63, 3.8) is 0 Å². The van der Waals surface area contributed by atoms with Crippen LogP contribution in [0.3, 0.4) is 0 Å². The lowest BCUT2D eigenvalue weighted by Crippen LogP contribution is -2.56. The molecule has 4 fully saturated rings. The second-order valence-electron chi connectivity index (χ2n) is 13.2. The Hall–Kier alpha value is -0.250. The zero-order valence-corrected chi connectivity index (χ0v) is 21.1. The van der Waals surface area contributed by atoms with Crippen molar-refractivity contribution < 1.29 is 18.3 Å². The molecule has 0 spiro atoms. The van der Waals surface area contributed by atoms with E-state index >= 15 is 0 Å². The maximum absolute atomic E-state index is 13.0. The monoisotopic (exact) mass is 456 g/mol. The van der Waals surface area contributed by atoms with Gasteiger partial charge in [-0.2, -0.15) is 13.2 Å². The summed E-state index contributed by atoms with van der Waals surface area (Å²) in [5.74, 6) is 2.75. The van der Waals surface area contributed by atoms with E-state index in [-0.39, 0.29) is 6.42 Å². The third kappa shape index (κ3) is 4.07. The van der Waals surface area contributed by atoms with Crippen molar-refractivity contribution in [3.05, 3.63) is 0 Å². The largest absolute Gasteiger partial charge is 0.391 e. The smallest absolute Gasteiger partial charge is 0.390 e. The Bertz CT molecular complexity index is 676. The van der Waals surface area contributed by atoms with Gasteiger partial charge in [-0.05, 0) is 123 Å². The second kappa shape index (κ2) is 8.45. The van der Waals surface area contributed by atoms with E-state index in [1.807, 2.05) is 0 Å². The fraction of sp³-hybridized carbons (Fsp3) is 1.00. The standard InChI is InChI=1S/C28H47F3O/c1-6-27(32)16-15-25(4)20(17-27)9-10-21-23-12-11-22(26(23,5)14-13-24(21)25)18(2)7-8-19(3)28(29,30)31/h18-24,32H,6-17H2,1-5H3/t18-,19-,20+,21+,22-,23+,24+,25+,26-,27+/m1/s1. The molecule has 0 radical (unpaired) electrons. The zero-order chi connectivity index (χ0) is 23.5. The van der Waals surface area contributed by atoms with Gasteiger partial charge in [-0.15, -0.1) is 0 Å². The summed E-state index contributed by atoms with van der Waals surface area (Å²) in [5.41, 5.74) is 0.239. The Balaban J connectivity index is 1.45. The van der Waals surface area contributed by atoms with Crippen LogP contribution in [0.2, 0.25) is 0 Å². The van der Waals surface area contributed by atoms with E-state index in [4.69, 9.17) is 0 Å². The van der Waals surface area contributed by atoms with Crippen LogP contribution in [0, 0.1) is 52.3 Å². The molecule has 0 unspecified atom stereocenters. The van der Waals surface area contributed by atoms with E-state index in [0.29, 0.717) is 35.0 Å². The van der Waals surface area contributed by atoms with Crippen LogP contribution < -0.4 is 0 Å². The number of rotatable bonds is 5. The molecule has 0 aliphatic heterocycles. The first kappa shape index (κ1) is 24.9. The first-order chi connectivity index (χ1) is 14.8. The highest BCUT2D eigenvalue weighted by Crippen LogP contribution is 2.69. The second-order valence-corrected chi connectivity index (χ2v) is 13.2. The molecule has 0 heterocycles. The lowest BCUT2D eigenvalue weighted by atomic mass is 9.43. The molecule has 1 N–H and O–H groups in total. The Labute approximate surface area is 194 Å². The normalized spacial score (nSPS) is 48.5. The van der Waals surface area contributed by atoms with Crippen LogP contribution in [0.4, 0.5) is 13.2 Å². The molecule has 32 heavy (non-hydrogen) atoms. The van der Waals surface area contributed by atoms with Crippen LogP contribution in [0.1, 0.15) is 112 Å². The fourth-order valence-electron chi connectivity index (χ4n) is 9.50. The summed E-state index contributed by atoms with van der Waals surface area (Å²) < 4.78 is 39.1. The lowest BCUT2D eigenvalue weighted by molar-refractivity contribution is -0.172. The van der Waals surface area contributed by atoms with Gasteiger partial charge in [0.25, 0.3) is 0 Å². The van der Waals surface area contributed by atoms with E-state index in [1.165, 1.54) is 51.9 Å². The van der Waals surface area contributed by atoms with Gasteiger partial charge in [0.2, 0.25) is 0 Å². The van der Waals surface area contributed by atoms with Gasteiger partial charge in [-0.3, -0.25) is 0 Å². The van der Waals surface area contributed by atoms with Crippen molar-refractivity contribution in [2.75, 3.05) is 0 Å². The Morgan fingerprint density at radius 2 is 1.56 bits per heavy atom. The Morgan fingerprint density at radius 1 is 0.875 bits per heavy atom. The van der Waals surface area contributed by atoms with E-state index in [2.05, 4.69) is 27.7 Å². The lowest BCUT2D eigenvalue weighted by Gasteiger charge is -2.62. The van der Waals surface area contributed by atoms with E-state index < -0.39 is 17.7 Å². The van der Waals surface area contributed by atoms with Crippen LogP contribution in [-0.2, 0) is 0 Å². The number of hydrogen-bond donors (Lipinski definition) is 1. The van der Waals surface area contributed by atoms with Gasteiger partial charge in [0.15, 0.2) is 0 Å². The summed E-state index contributed by atoms with van der Waals surface area (Å²) in [4.78, 5) is 0. The highest BCUT2D eigenvalue weighted by atomic mass is 19.4. The minimum Gasteiger partial charge on any atom is -0.390 e. The zero-order valence-electron chi connectivity index (χ0n) is 21.1. The van der Waals surface area contributed by atoms with Gasteiger partial charge in [0.05, 0.1) is 11.5 Å². The van der Waals surface area contributed by atoms with Gasteiger partial charge in [-0.1, -0.05) is 34.6 Å². The maximum Gasteiger partial charge on any atom is 0.391 e. The van der Waals surface area contributed by atoms with Crippen molar-refractivity contribution in [1.29, 1.82) is 0 Å². The number of halogens is 3. The van der Waals surface area contributed by atoms with E-state index in [0.717, 1.165) is 37.0 Å². The van der Waals surface area contributed by atoms with Crippen molar-refractivity contribution in [1.82, 2.24) is 0 Å². The summed E-state index contributed by atoms with van der Waals surface area (Å²) in [5, 5.41) is 11.0. The minimum atomic E-state index is -4.06. The molecule has 4 heteroatoms. The topological polar surface area (TPSA) is 20.2 Å². The van der Waals surface area contributed by atoms with Gasteiger partial charge in [0, 0.05) is 0 Å². The maximum atomic E-state index is 13.0. The number of fused-ring (bicyclic) bond motifs is 5. The summed E-state index contributed by atoms with van der Waals surface area (Å²) in [6, 6.07) is 0. The first-order valence-corrected chi connectivity index (χ1v) is 13.6. The molecule has 186 valence electrons. The van der Waals surface area contributed by atoms with Gasteiger partial charge >= 0.3 is 6.18 Å². The molecule has 0 saturated heterocycles. The van der Waals surface area contributed by atoms with Crippen LogP contribution >= 0.6 is 0 Å². The van der Waals surface area contributed by atoms with Crippen LogP contribution in [-0.4, -0.2) is 16.9 Å². The van der Waals surface area contributed by atoms with E-state index in [1.54, 1.807) is 0 Å². The SMILES string of the molecule is CC[C@]1(O)CC[C@@]2(C)[C@@H](CC[C@@H]3[C@@H]2CC[C@]2(C)[C@@H]([C@H](C)CC[C@@H](C)C(F)(F)F)CC[C@@H]32)C1. The summed E-state index contributed by atoms with van der Waals surface area (Å²) in [7, 11) is 0. The Kier molecular flexibility index (Phi) is 6.57. The molecule has 4 rings (SSSR count). The van der Waals surface area contributed by atoms with Crippen LogP contribution in [0.5, 0.6) is 0 Å². The predicted molar refractivity (Wildman–Crippen MR) is 124 cm³/mol. The molecule has 10 atom stereocenters. The molecule has 0 aromatic carbocycles. The van der Waals surface area contributed by atoms with Crippen molar-refractivity contribution in [3.8, 4) is 0 Å². The number of aliphatic hydroxyl groups is 1. The van der Waals surface area contributed by atoms with Gasteiger partial charge in [-0.25, -0.2) is 0 Å². The fourth-order valence-corrected chi connectivity index (χ4v) is 9.50. The summed E-state index contributed by atoms with van der Waals surface area (Å²) in [6.07, 6.45) is 8.50. The van der Waals surface area contributed by atoms with Crippen molar-refractivity contribution >= 4 is 0 Å². The van der Waals surface area contributed by atoms with Crippen molar-refractivity contribution in [2.24, 2.45) is 52.3 Å². The molecule has 4 saturated carbocycles. The quantitative estimate of drug-likeness (QED) is 0.440. The van der Waals surface area contributed by atoms with Gasteiger partial charge in [0.1, 0.15) is 0 Å². The van der Waals surface area contributed by atoms with Crippen LogP contribution in [0.15, 0.2) is 0 Å². The van der Waals surface area contributed by atoms with E-state index in [9.17, 15) is 18.3 Å². The summed E-state index contributed by atoms with van der Waals surface area (Å²) in [6.45, 7) is 10.8. The molecule has 0 aromatic heterocycles. The minimum absolute atomic E-state index is 0.272. The Morgan fingerprint density at radius 3 is 2.22 bits per heavy atom. The third-order valence-corrected chi connectivity index (χ3v) is 11.9. The molecule has 1 nitrogen and oxygen atoms in total. The molecule has 0 amide bonds. The highest BCUT2D eigenvalue weighted by Gasteiger charge is 2.61. The predicted octanol–water partition coefficient (Wildman–Crippen LogP) is 8.40. The third-order valence-electron chi connectivity index (χ3n) is 11.9. The molecular formula is C28H47F3O. The number of alkyl halides is 3. The summed E-state index contributed by atoms with van der Waals surface area (Å²) >= 11 is 0. The average molecular weight is 457 g/mol.